The first-order valence-corrected chi connectivity index (χ1v) is 5.89. The van der Waals surface area contributed by atoms with Crippen LogP contribution in [-0.4, -0.2) is 29.1 Å². The Hall–Kier alpha value is -2.59. The summed E-state index contributed by atoms with van der Waals surface area (Å²) in [6.45, 7) is 0. The van der Waals surface area contributed by atoms with Gasteiger partial charge in [-0.3, -0.25) is 0 Å². The molecule has 102 valence electrons. The summed E-state index contributed by atoms with van der Waals surface area (Å²) < 4.78 is 10.7. The first-order valence-electron chi connectivity index (χ1n) is 5.51. The van der Waals surface area contributed by atoms with Gasteiger partial charge in [0.05, 0.1) is 18.7 Å². The van der Waals surface area contributed by atoms with Gasteiger partial charge in [0, 0.05) is 13.1 Å². The average Bonchev–Trinajstić information content (AvgIpc) is 2.47. The molecule has 7 nitrogen and oxygen atoms in total. The molecule has 0 radical (unpaired) electrons. The number of nitriles is 1. The maximum atomic E-state index is 8.84. The SMILES string of the molecule is CNc1nc(Cl)nc(Oc2ccc(C#N)cc2OC)n1. The molecule has 1 heterocycles. The summed E-state index contributed by atoms with van der Waals surface area (Å²) in [7, 11) is 3.13. The van der Waals surface area contributed by atoms with E-state index < -0.39 is 0 Å². The highest BCUT2D eigenvalue weighted by molar-refractivity contribution is 6.28. The molecule has 0 saturated carbocycles. The lowest BCUT2D eigenvalue weighted by molar-refractivity contribution is 0.367. The minimum absolute atomic E-state index is 0.00645. The molecule has 0 bridgehead atoms. The van der Waals surface area contributed by atoms with Crippen LogP contribution in [0.25, 0.3) is 0 Å². The van der Waals surface area contributed by atoms with Gasteiger partial charge in [-0.1, -0.05) is 0 Å². The molecule has 8 heteroatoms. The fourth-order valence-electron chi connectivity index (χ4n) is 1.41. The van der Waals surface area contributed by atoms with Crippen molar-refractivity contribution in [3.63, 3.8) is 0 Å². The molecule has 2 rings (SSSR count). The minimum atomic E-state index is 0.00645. The molecule has 2 aromatic rings. The van der Waals surface area contributed by atoms with Crippen LogP contribution in [0.2, 0.25) is 5.28 Å². The van der Waals surface area contributed by atoms with Gasteiger partial charge in [0.25, 0.3) is 0 Å². The first-order chi connectivity index (χ1) is 9.66. The van der Waals surface area contributed by atoms with E-state index in [1.54, 1.807) is 25.2 Å². The van der Waals surface area contributed by atoms with E-state index in [0.717, 1.165) is 0 Å². The Morgan fingerprint density at radius 3 is 2.70 bits per heavy atom. The predicted molar refractivity (Wildman–Crippen MR) is 72.2 cm³/mol. The number of anilines is 1. The van der Waals surface area contributed by atoms with Gasteiger partial charge in [-0.05, 0) is 23.7 Å². The van der Waals surface area contributed by atoms with Crippen LogP contribution in [0.3, 0.4) is 0 Å². The summed E-state index contributed by atoms with van der Waals surface area (Å²) in [6.07, 6.45) is 0. The van der Waals surface area contributed by atoms with Gasteiger partial charge in [0.15, 0.2) is 11.5 Å². The van der Waals surface area contributed by atoms with Gasteiger partial charge < -0.3 is 14.8 Å². The quantitative estimate of drug-likeness (QED) is 0.923. The molecule has 0 aliphatic rings. The number of hydrogen-bond donors (Lipinski definition) is 1. The van der Waals surface area contributed by atoms with Gasteiger partial charge in [0.1, 0.15) is 0 Å². The zero-order valence-electron chi connectivity index (χ0n) is 10.7. The number of rotatable bonds is 4. The smallest absolute Gasteiger partial charge is 0.328 e. The van der Waals surface area contributed by atoms with Gasteiger partial charge >= 0.3 is 6.01 Å². The molecule has 0 unspecified atom stereocenters. The number of nitrogens with one attached hydrogen (secondary N) is 1. The molecule has 0 saturated heterocycles. The number of aromatic nitrogens is 3. The van der Waals surface area contributed by atoms with E-state index in [9.17, 15) is 0 Å². The predicted octanol–water partition coefficient (Wildman–Crippen LogP) is 2.24. The molecular formula is C12H10ClN5O2. The Morgan fingerprint density at radius 1 is 1.25 bits per heavy atom. The Kier molecular flexibility index (Phi) is 4.17. The Morgan fingerprint density at radius 2 is 2.05 bits per heavy atom. The zero-order valence-corrected chi connectivity index (χ0v) is 11.5. The normalized spacial score (nSPS) is 9.70. The van der Waals surface area contributed by atoms with E-state index in [2.05, 4.69) is 20.3 Å². The Balaban J connectivity index is 2.34. The molecule has 1 N–H and O–H groups in total. The summed E-state index contributed by atoms with van der Waals surface area (Å²) in [4.78, 5) is 11.7. The first kappa shape index (κ1) is 13.8. The lowest BCUT2D eigenvalue weighted by Gasteiger charge is -2.09. The maximum absolute atomic E-state index is 8.84. The van der Waals surface area contributed by atoms with E-state index in [1.165, 1.54) is 7.11 Å². The van der Waals surface area contributed by atoms with Crippen LogP contribution in [0, 0.1) is 11.3 Å². The molecule has 0 spiro atoms. The van der Waals surface area contributed by atoms with E-state index in [0.29, 0.717) is 17.1 Å². The lowest BCUT2D eigenvalue weighted by Crippen LogP contribution is -2.01. The third-order valence-corrected chi connectivity index (χ3v) is 2.47. The van der Waals surface area contributed by atoms with Crippen LogP contribution < -0.4 is 14.8 Å². The molecule has 0 amide bonds. The van der Waals surface area contributed by atoms with Gasteiger partial charge in [0.2, 0.25) is 11.2 Å². The molecule has 0 aliphatic heterocycles. The summed E-state index contributed by atoms with van der Waals surface area (Å²) in [5.74, 6) is 1.05. The van der Waals surface area contributed by atoms with Crippen molar-refractivity contribution in [2.45, 2.75) is 0 Å². The van der Waals surface area contributed by atoms with Crippen LogP contribution >= 0.6 is 11.6 Å². The van der Waals surface area contributed by atoms with Crippen molar-refractivity contribution < 1.29 is 9.47 Å². The topological polar surface area (TPSA) is 93.0 Å². The zero-order chi connectivity index (χ0) is 14.5. The van der Waals surface area contributed by atoms with Gasteiger partial charge in [-0.15, -0.1) is 0 Å². The monoisotopic (exact) mass is 291 g/mol. The minimum Gasteiger partial charge on any atom is -0.493 e. The summed E-state index contributed by atoms with van der Waals surface area (Å²) in [5.41, 5.74) is 0.457. The van der Waals surface area contributed by atoms with Crippen molar-refractivity contribution in [3.05, 3.63) is 29.0 Å². The fourth-order valence-corrected chi connectivity index (χ4v) is 1.56. The molecular weight excluding hydrogens is 282 g/mol. The molecule has 0 aliphatic carbocycles. The van der Waals surface area contributed by atoms with Crippen molar-refractivity contribution in [1.82, 2.24) is 15.0 Å². The van der Waals surface area contributed by atoms with Crippen molar-refractivity contribution in [3.8, 4) is 23.6 Å². The van der Waals surface area contributed by atoms with Crippen LogP contribution in [0.15, 0.2) is 18.2 Å². The average molecular weight is 292 g/mol. The van der Waals surface area contributed by atoms with Gasteiger partial charge in [-0.25, -0.2) is 0 Å². The molecule has 1 aromatic heterocycles. The second-order valence-electron chi connectivity index (χ2n) is 3.54. The maximum Gasteiger partial charge on any atom is 0.328 e. The summed E-state index contributed by atoms with van der Waals surface area (Å²) in [5, 5.41) is 11.6. The molecule has 1 aromatic carbocycles. The number of hydrogen-bond acceptors (Lipinski definition) is 7. The Labute approximate surface area is 120 Å². The third-order valence-electron chi connectivity index (χ3n) is 2.31. The molecule has 0 fully saturated rings. The second-order valence-corrected chi connectivity index (χ2v) is 3.88. The number of methoxy groups -OCH3 is 1. The molecule has 0 atom stereocenters. The number of ether oxygens (including phenoxy) is 2. The van der Waals surface area contributed by atoms with Crippen LogP contribution in [0.1, 0.15) is 5.56 Å². The highest BCUT2D eigenvalue weighted by atomic mass is 35.5. The van der Waals surface area contributed by atoms with Crippen molar-refractivity contribution in [2.24, 2.45) is 0 Å². The highest BCUT2D eigenvalue weighted by Crippen LogP contribution is 2.31. The highest BCUT2D eigenvalue weighted by Gasteiger charge is 2.11. The molecule has 20 heavy (non-hydrogen) atoms. The third kappa shape index (κ3) is 3.05. The van der Waals surface area contributed by atoms with Crippen LogP contribution in [0.5, 0.6) is 17.5 Å². The van der Waals surface area contributed by atoms with E-state index in [4.69, 9.17) is 26.3 Å². The van der Waals surface area contributed by atoms with Gasteiger partial charge in [-0.2, -0.15) is 20.2 Å². The number of benzene rings is 1. The summed E-state index contributed by atoms with van der Waals surface area (Å²) >= 11 is 5.76. The number of halogens is 1. The van der Waals surface area contributed by atoms with Crippen molar-refractivity contribution in [2.75, 3.05) is 19.5 Å². The van der Waals surface area contributed by atoms with E-state index in [1.807, 2.05) is 6.07 Å². The van der Waals surface area contributed by atoms with Crippen molar-refractivity contribution >= 4 is 17.5 Å². The second kappa shape index (κ2) is 6.04. The van der Waals surface area contributed by atoms with E-state index in [-0.39, 0.29) is 17.2 Å². The summed E-state index contributed by atoms with van der Waals surface area (Å²) in [6, 6.07) is 6.78. The lowest BCUT2D eigenvalue weighted by atomic mass is 10.2. The van der Waals surface area contributed by atoms with E-state index >= 15 is 0 Å². The fraction of sp³-hybridized carbons (Fsp3) is 0.167. The Bertz CT molecular complexity index is 671. The number of nitrogens with zero attached hydrogens (tertiary/aromatic N) is 4. The van der Waals surface area contributed by atoms with Crippen LogP contribution in [-0.2, 0) is 0 Å². The standard InChI is InChI=1S/C12H10ClN5O2/c1-15-11-16-10(13)17-12(18-11)20-8-4-3-7(6-14)5-9(8)19-2/h3-5H,1-2H3,(H,15,16,17,18). The van der Waals surface area contributed by atoms with Crippen molar-refractivity contribution in [1.29, 1.82) is 5.26 Å². The largest absolute Gasteiger partial charge is 0.493 e. The van der Waals surface area contributed by atoms with Crippen LogP contribution in [0.4, 0.5) is 5.95 Å².